The van der Waals surface area contributed by atoms with Crippen molar-refractivity contribution in [3.05, 3.63) is 83.9 Å². The van der Waals surface area contributed by atoms with Crippen LogP contribution in [0.25, 0.3) is 10.8 Å². The molecular weight excluding hydrogens is 342 g/mol. The van der Waals surface area contributed by atoms with Gasteiger partial charge in [-0.3, -0.25) is 4.99 Å². The minimum atomic E-state index is -0.868. The van der Waals surface area contributed by atoms with Crippen LogP contribution in [0.2, 0.25) is 0 Å². The van der Waals surface area contributed by atoms with Crippen LogP contribution in [0.4, 0.5) is 0 Å². The Labute approximate surface area is 157 Å². The average molecular weight is 361 g/mol. The zero-order valence-electron chi connectivity index (χ0n) is 14.5. The second-order valence-electron chi connectivity index (χ2n) is 6.45. The fourth-order valence-corrected chi connectivity index (χ4v) is 4.52. The number of hydrogen-bond donors (Lipinski definition) is 0. The third-order valence-electron chi connectivity index (χ3n) is 4.66. The summed E-state index contributed by atoms with van der Waals surface area (Å²) in [6.07, 6.45) is 0.536. The third-order valence-corrected chi connectivity index (χ3v) is 5.88. The molecular formula is C22H19NO2S. The standard InChI is InChI=1S/C22H19NO2S/c1-25-21(24)22(15-26-20(23-22)18-8-3-2-4-9-18)14-16-11-12-17-7-5-6-10-19(17)13-16/h2-13H,14-15H2,1H3/t22-/m0/s1. The quantitative estimate of drug-likeness (QED) is 0.643. The molecule has 1 aliphatic heterocycles. The van der Waals surface area contributed by atoms with Crippen molar-refractivity contribution in [1.82, 2.24) is 0 Å². The van der Waals surface area contributed by atoms with Gasteiger partial charge in [0.1, 0.15) is 0 Å². The van der Waals surface area contributed by atoms with E-state index in [-0.39, 0.29) is 5.97 Å². The van der Waals surface area contributed by atoms with Gasteiger partial charge in [0.2, 0.25) is 0 Å². The maximum Gasteiger partial charge on any atom is 0.335 e. The number of carbonyl (C=O) groups is 1. The van der Waals surface area contributed by atoms with Crippen LogP contribution in [0.3, 0.4) is 0 Å². The largest absolute Gasteiger partial charge is 0.467 e. The Hall–Kier alpha value is -2.59. The van der Waals surface area contributed by atoms with Crippen LogP contribution in [-0.4, -0.2) is 29.4 Å². The number of ether oxygens (including phenoxy) is 1. The highest BCUT2D eigenvalue weighted by Crippen LogP contribution is 2.35. The minimum Gasteiger partial charge on any atom is -0.467 e. The van der Waals surface area contributed by atoms with E-state index in [0.717, 1.165) is 16.2 Å². The number of methoxy groups -OCH3 is 1. The van der Waals surface area contributed by atoms with Gasteiger partial charge in [-0.1, -0.05) is 72.8 Å². The van der Waals surface area contributed by atoms with E-state index >= 15 is 0 Å². The molecule has 4 rings (SSSR count). The van der Waals surface area contributed by atoms with Crippen LogP contribution in [-0.2, 0) is 16.0 Å². The van der Waals surface area contributed by atoms with Crippen LogP contribution in [0.15, 0.2) is 77.8 Å². The Bertz CT molecular complexity index is 984. The molecule has 0 fully saturated rings. The first-order valence-corrected chi connectivity index (χ1v) is 9.53. The Morgan fingerprint density at radius 2 is 1.77 bits per heavy atom. The SMILES string of the molecule is COC(=O)[C@]1(Cc2ccc3ccccc3c2)CSC(c2ccccc2)=N1. The fraction of sp³-hybridized carbons (Fsp3) is 0.182. The van der Waals surface area contributed by atoms with Crippen molar-refractivity contribution in [2.45, 2.75) is 12.0 Å². The van der Waals surface area contributed by atoms with Crippen molar-refractivity contribution in [3.8, 4) is 0 Å². The van der Waals surface area contributed by atoms with Gasteiger partial charge < -0.3 is 4.74 Å². The highest BCUT2D eigenvalue weighted by atomic mass is 32.2. The first-order chi connectivity index (χ1) is 12.7. The normalized spacial score (nSPS) is 19.3. The molecule has 3 aromatic carbocycles. The van der Waals surface area contributed by atoms with Crippen molar-refractivity contribution >= 4 is 33.5 Å². The smallest absolute Gasteiger partial charge is 0.335 e. The lowest BCUT2D eigenvalue weighted by Gasteiger charge is -2.22. The predicted octanol–water partition coefficient (Wildman–Crippen LogP) is 4.49. The Balaban J connectivity index is 1.71. The predicted molar refractivity (Wildman–Crippen MR) is 108 cm³/mol. The van der Waals surface area contributed by atoms with Crippen LogP contribution in [0.1, 0.15) is 11.1 Å². The van der Waals surface area contributed by atoms with Gasteiger partial charge in [-0.05, 0) is 16.3 Å². The molecule has 0 bridgehead atoms. The summed E-state index contributed by atoms with van der Waals surface area (Å²) < 4.78 is 5.12. The summed E-state index contributed by atoms with van der Waals surface area (Å²) in [6, 6.07) is 24.5. The molecule has 1 heterocycles. The summed E-state index contributed by atoms with van der Waals surface area (Å²) >= 11 is 1.62. The van der Waals surface area contributed by atoms with Crippen LogP contribution in [0.5, 0.6) is 0 Å². The number of nitrogens with zero attached hydrogens (tertiary/aromatic N) is 1. The number of aliphatic imine (C=N–C) groups is 1. The van der Waals surface area contributed by atoms with Crippen molar-refractivity contribution in [2.24, 2.45) is 4.99 Å². The van der Waals surface area contributed by atoms with Crippen molar-refractivity contribution < 1.29 is 9.53 Å². The van der Waals surface area contributed by atoms with Crippen molar-refractivity contribution in [1.29, 1.82) is 0 Å². The molecule has 130 valence electrons. The van der Waals surface area contributed by atoms with Gasteiger partial charge in [0.05, 0.1) is 12.2 Å². The van der Waals surface area contributed by atoms with Gasteiger partial charge in [0.25, 0.3) is 0 Å². The van der Waals surface area contributed by atoms with E-state index in [2.05, 4.69) is 30.3 Å². The number of hydrogen-bond acceptors (Lipinski definition) is 4. The number of esters is 1. The van der Waals surface area contributed by atoms with Gasteiger partial charge >= 0.3 is 5.97 Å². The fourth-order valence-electron chi connectivity index (χ4n) is 3.32. The molecule has 0 spiro atoms. The second-order valence-corrected chi connectivity index (χ2v) is 7.42. The van der Waals surface area contributed by atoms with Crippen LogP contribution < -0.4 is 0 Å². The zero-order valence-corrected chi connectivity index (χ0v) is 15.3. The Morgan fingerprint density at radius 3 is 2.54 bits per heavy atom. The lowest BCUT2D eigenvalue weighted by Crippen LogP contribution is -2.40. The highest BCUT2D eigenvalue weighted by molar-refractivity contribution is 8.14. The first kappa shape index (κ1) is 16.9. The molecule has 0 radical (unpaired) electrons. The molecule has 0 N–H and O–H groups in total. The van der Waals surface area contributed by atoms with Crippen molar-refractivity contribution in [2.75, 3.05) is 12.9 Å². The lowest BCUT2D eigenvalue weighted by atomic mass is 9.92. The third kappa shape index (κ3) is 3.13. The van der Waals surface area contributed by atoms with Gasteiger partial charge in [0.15, 0.2) is 5.54 Å². The van der Waals surface area contributed by atoms with Gasteiger partial charge in [0, 0.05) is 17.7 Å². The number of benzene rings is 3. The number of rotatable bonds is 4. The van der Waals surface area contributed by atoms with Crippen LogP contribution >= 0.6 is 11.8 Å². The van der Waals surface area contributed by atoms with E-state index in [1.54, 1.807) is 11.8 Å². The summed E-state index contributed by atoms with van der Waals surface area (Å²) in [5.74, 6) is 0.320. The summed E-state index contributed by atoms with van der Waals surface area (Å²) in [4.78, 5) is 17.5. The van der Waals surface area contributed by atoms with Gasteiger partial charge in [-0.2, -0.15) is 0 Å². The molecule has 26 heavy (non-hydrogen) atoms. The van der Waals surface area contributed by atoms with Gasteiger partial charge in [-0.15, -0.1) is 11.8 Å². The Morgan fingerprint density at radius 1 is 1.04 bits per heavy atom. The second kappa shape index (κ2) is 6.96. The molecule has 1 atom stereocenters. The Kier molecular flexibility index (Phi) is 4.51. The maximum absolute atomic E-state index is 12.6. The number of thioether (sulfide) groups is 1. The van der Waals surface area contributed by atoms with Gasteiger partial charge in [-0.25, -0.2) is 4.79 Å². The summed E-state index contributed by atoms with van der Waals surface area (Å²) in [7, 11) is 1.44. The molecule has 0 amide bonds. The first-order valence-electron chi connectivity index (χ1n) is 8.54. The van der Waals surface area contributed by atoms with Crippen LogP contribution in [0, 0.1) is 0 Å². The molecule has 0 aliphatic carbocycles. The monoisotopic (exact) mass is 361 g/mol. The molecule has 4 heteroatoms. The van der Waals surface area contributed by atoms with E-state index in [1.165, 1.54) is 17.9 Å². The van der Waals surface area contributed by atoms with E-state index in [4.69, 9.17) is 9.73 Å². The van der Waals surface area contributed by atoms with E-state index in [9.17, 15) is 4.79 Å². The average Bonchev–Trinajstić information content (AvgIpc) is 3.13. The summed E-state index contributed by atoms with van der Waals surface area (Å²) in [5, 5.41) is 3.26. The molecule has 3 nitrogen and oxygen atoms in total. The number of carbonyl (C=O) groups excluding carboxylic acids is 1. The molecule has 0 saturated heterocycles. The summed E-state index contributed by atoms with van der Waals surface area (Å²) in [6.45, 7) is 0. The molecule has 3 aromatic rings. The maximum atomic E-state index is 12.6. The lowest BCUT2D eigenvalue weighted by molar-refractivity contribution is -0.145. The molecule has 1 aliphatic rings. The van der Waals surface area contributed by atoms with E-state index in [0.29, 0.717) is 12.2 Å². The van der Waals surface area contributed by atoms with Crippen molar-refractivity contribution in [3.63, 3.8) is 0 Å². The minimum absolute atomic E-state index is 0.274. The summed E-state index contributed by atoms with van der Waals surface area (Å²) in [5.41, 5.74) is 1.27. The molecule has 0 unspecified atom stereocenters. The molecule has 0 saturated carbocycles. The molecule has 0 aromatic heterocycles. The highest BCUT2D eigenvalue weighted by Gasteiger charge is 2.44. The topological polar surface area (TPSA) is 38.7 Å². The number of fused-ring (bicyclic) bond motifs is 1. The van der Waals surface area contributed by atoms with E-state index < -0.39 is 5.54 Å². The zero-order chi connectivity index (χ0) is 18.0. The van der Waals surface area contributed by atoms with E-state index in [1.807, 2.05) is 42.5 Å².